The van der Waals surface area contributed by atoms with Gasteiger partial charge in [-0.2, -0.15) is 0 Å². The molecule has 0 spiro atoms. The van der Waals surface area contributed by atoms with Crippen LogP contribution in [0.1, 0.15) is 16.1 Å². The van der Waals surface area contributed by atoms with Crippen LogP contribution in [0.2, 0.25) is 0 Å². The monoisotopic (exact) mass is 382 g/mol. The number of methoxy groups -OCH3 is 1. The lowest BCUT2D eigenvalue weighted by Crippen LogP contribution is -2.37. The van der Waals surface area contributed by atoms with Gasteiger partial charge in [-0.25, -0.2) is 4.39 Å². The molecular weight excluding hydrogens is 363 g/mol. The zero-order valence-electron chi connectivity index (χ0n) is 15.2. The van der Waals surface area contributed by atoms with Crippen molar-refractivity contribution in [3.8, 4) is 5.75 Å². The normalized spacial score (nSPS) is 10.4. The summed E-state index contributed by atoms with van der Waals surface area (Å²) in [7, 11) is 1.51. The van der Waals surface area contributed by atoms with Gasteiger partial charge in [0.25, 0.3) is 5.91 Å². The van der Waals surface area contributed by atoms with E-state index < -0.39 is 17.6 Å². The van der Waals surface area contributed by atoms with Crippen LogP contribution >= 0.6 is 0 Å². The van der Waals surface area contributed by atoms with Gasteiger partial charge in [-0.15, -0.1) is 0 Å². The lowest BCUT2D eigenvalue weighted by molar-refractivity contribution is -0.117. The van der Waals surface area contributed by atoms with E-state index >= 15 is 0 Å². The van der Waals surface area contributed by atoms with E-state index in [2.05, 4.69) is 5.32 Å². The number of hydrogen-bond acceptors (Lipinski definition) is 4. The number of amides is 2. The number of carbonyl (C=O) groups is 2. The first-order valence-electron chi connectivity index (χ1n) is 8.57. The SMILES string of the molecule is COc1ccccc1NC(=O)CN(Cc1ccco1)C(=O)c1ccc(F)cc1. The minimum atomic E-state index is -0.442. The third-order valence-corrected chi connectivity index (χ3v) is 4.02. The molecule has 0 bridgehead atoms. The van der Waals surface area contributed by atoms with Crippen LogP contribution in [0.4, 0.5) is 10.1 Å². The molecule has 0 atom stereocenters. The number of halogens is 1. The Hall–Kier alpha value is -3.61. The molecule has 1 aromatic heterocycles. The van der Waals surface area contributed by atoms with Crippen LogP contribution in [0.3, 0.4) is 0 Å². The lowest BCUT2D eigenvalue weighted by Gasteiger charge is -2.21. The van der Waals surface area contributed by atoms with Crippen molar-refractivity contribution in [2.24, 2.45) is 0 Å². The fourth-order valence-corrected chi connectivity index (χ4v) is 2.68. The van der Waals surface area contributed by atoms with Gasteiger partial charge in [0.05, 0.1) is 25.6 Å². The molecule has 0 saturated heterocycles. The van der Waals surface area contributed by atoms with Crippen LogP contribution < -0.4 is 10.1 Å². The zero-order chi connectivity index (χ0) is 19.9. The molecule has 0 aliphatic rings. The van der Waals surface area contributed by atoms with Gasteiger partial charge in [0, 0.05) is 5.56 Å². The van der Waals surface area contributed by atoms with Crippen molar-refractivity contribution in [1.82, 2.24) is 4.90 Å². The summed E-state index contributed by atoms with van der Waals surface area (Å²) in [4.78, 5) is 26.7. The Labute approximate surface area is 161 Å². The second kappa shape index (κ2) is 8.85. The molecule has 3 rings (SSSR count). The van der Waals surface area contributed by atoms with Crippen LogP contribution in [0, 0.1) is 5.82 Å². The van der Waals surface area contributed by atoms with Gasteiger partial charge in [0.1, 0.15) is 23.9 Å². The molecule has 144 valence electrons. The first-order valence-corrected chi connectivity index (χ1v) is 8.57. The highest BCUT2D eigenvalue weighted by atomic mass is 19.1. The fourth-order valence-electron chi connectivity index (χ4n) is 2.68. The minimum Gasteiger partial charge on any atom is -0.495 e. The van der Waals surface area contributed by atoms with Crippen LogP contribution in [-0.4, -0.2) is 30.4 Å². The lowest BCUT2D eigenvalue weighted by atomic mass is 10.2. The molecule has 6 nitrogen and oxygen atoms in total. The summed E-state index contributed by atoms with van der Waals surface area (Å²) in [6, 6.07) is 15.6. The van der Waals surface area contributed by atoms with Crippen LogP contribution in [-0.2, 0) is 11.3 Å². The molecular formula is C21H19FN2O4. The van der Waals surface area contributed by atoms with E-state index in [0.717, 1.165) is 0 Å². The molecule has 1 heterocycles. The molecule has 7 heteroatoms. The standard InChI is InChI=1S/C21H19FN2O4/c1-27-19-7-3-2-6-18(19)23-20(25)14-24(13-17-5-4-12-28-17)21(26)15-8-10-16(22)11-9-15/h2-12H,13-14H2,1H3,(H,23,25). The highest BCUT2D eigenvalue weighted by molar-refractivity contribution is 5.99. The summed E-state index contributed by atoms with van der Waals surface area (Å²) in [5.74, 6) is -0.208. The topological polar surface area (TPSA) is 71.8 Å². The highest BCUT2D eigenvalue weighted by Gasteiger charge is 2.21. The van der Waals surface area contributed by atoms with Crippen LogP contribution in [0.5, 0.6) is 5.75 Å². The van der Waals surface area contributed by atoms with Gasteiger partial charge in [0.2, 0.25) is 5.91 Å². The molecule has 2 aromatic carbocycles. The van der Waals surface area contributed by atoms with Crippen molar-refractivity contribution in [2.45, 2.75) is 6.54 Å². The summed E-state index contributed by atoms with van der Waals surface area (Å²) in [6.07, 6.45) is 1.49. The van der Waals surface area contributed by atoms with Gasteiger partial charge < -0.3 is 19.4 Å². The van der Waals surface area contributed by atoms with Gasteiger partial charge >= 0.3 is 0 Å². The van der Waals surface area contributed by atoms with Crippen molar-refractivity contribution in [3.63, 3.8) is 0 Å². The van der Waals surface area contributed by atoms with E-state index in [1.54, 1.807) is 36.4 Å². The number of ether oxygens (including phenoxy) is 1. The second-order valence-corrected chi connectivity index (χ2v) is 6.00. The van der Waals surface area contributed by atoms with E-state index in [1.807, 2.05) is 0 Å². The predicted octanol–water partition coefficient (Wildman–Crippen LogP) is 3.71. The Morgan fingerprint density at radius 3 is 2.50 bits per heavy atom. The molecule has 3 aromatic rings. The molecule has 0 aliphatic heterocycles. The van der Waals surface area contributed by atoms with E-state index in [4.69, 9.17) is 9.15 Å². The number of anilines is 1. The molecule has 28 heavy (non-hydrogen) atoms. The summed E-state index contributed by atoms with van der Waals surface area (Å²) in [5.41, 5.74) is 0.778. The Bertz CT molecular complexity index is 939. The Morgan fingerprint density at radius 1 is 1.07 bits per heavy atom. The Kier molecular flexibility index (Phi) is 6.06. The summed E-state index contributed by atoms with van der Waals surface area (Å²) >= 11 is 0. The molecule has 0 radical (unpaired) electrons. The van der Waals surface area contributed by atoms with E-state index in [9.17, 15) is 14.0 Å². The molecule has 1 N–H and O–H groups in total. The summed E-state index contributed by atoms with van der Waals surface area (Å²) in [6.45, 7) is -0.114. The maximum absolute atomic E-state index is 13.2. The molecule has 0 saturated carbocycles. The predicted molar refractivity (Wildman–Crippen MR) is 101 cm³/mol. The average molecular weight is 382 g/mol. The molecule has 0 unspecified atom stereocenters. The number of nitrogens with zero attached hydrogens (tertiary/aromatic N) is 1. The van der Waals surface area contributed by atoms with Gasteiger partial charge in [0.15, 0.2) is 0 Å². The Balaban J connectivity index is 1.77. The number of rotatable bonds is 7. The third kappa shape index (κ3) is 4.76. The van der Waals surface area contributed by atoms with E-state index in [-0.39, 0.29) is 18.7 Å². The smallest absolute Gasteiger partial charge is 0.254 e. The highest BCUT2D eigenvalue weighted by Crippen LogP contribution is 2.23. The van der Waals surface area contributed by atoms with Gasteiger partial charge in [-0.1, -0.05) is 12.1 Å². The number of hydrogen-bond donors (Lipinski definition) is 1. The van der Waals surface area contributed by atoms with Crippen molar-refractivity contribution in [2.75, 3.05) is 19.0 Å². The summed E-state index contributed by atoms with van der Waals surface area (Å²) in [5, 5.41) is 2.74. The van der Waals surface area contributed by atoms with Gasteiger partial charge in [-0.3, -0.25) is 9.59 Å². The first kappa shape index (κ1) is 19.2. The zero-order valence-corrected chi connectivity index (χ0v) is 15.2. The Morgan fingerprint density at radius 2 is 1.82 bits per heavy atom. The quantitative estimate of drug-likeness (QED) is 0.676. The van der Waals surface area contributed by atoms with Crippen molar-refractivity contribution < 1.29 is 23.1 Å². The van der Waals surface area contributed by atoms with E-state index in [1.165, 1.54) is 42.5 Å². The van der Waals surface area contributed by atoms with Crippen molar-refractivity contribution >= 4 is 17.5 Å². The largest absolute Gasteiger partial charge is 0.495 e. The van der Waals surface area contributed by atoms with Crippen LogP contribution in [0.25, 0.3) is 0 Å². The average Bonchev–Trinajstić information content (AvgIpc) is 3.21. The minimum absolute atomic E-state index is 0.0998. The number of furan rings is 1. The van der Waals surface area contributed by atoms with E-state index in [0.29, 0.717) is 17.2 Å². The number of para-hydroxylation sites is 2. The maximum Gasteiger partial charge on any atom is 0.254 e. The fraction of sp³-hybridized carbons (Fsp3) is 0.143. The summed E-state index contributed by atoms with van der Waals surface area (Å²) < 4.78 is 23.7. The number of nitrogens with one attached hydrogen (secondary N) is 1. The molecule has 2 amide bonds. The first-order chi connectivity index (χ1) is 13.6. The maximum atomic E-state index is 13.2. The third-order valence-electron chi connectivity index (χ3n) is 4.02. The van der Waals surface area contributed by atoms with Gasteiger partial charge in [-0.05, 0) is 48.5 Å². The molecule has 0 aliphatic carbocycles. The van der Waals surface area contributed by atoms with Crippen LogP contribution in [0.15, 0.2) is 71.3 Å². The number of benzene rings is 2. The number of carbonyl (C=O) groups excluding carboxylic acids is 2. The second-order valence-electron chi connectivity index (χ2n) is 6.00. The molecule has 0 fully saturated rings. The van der Waals surface area contributed by atoms with Crippen molar-refractivity contribution in [3.05, 3.63) is 84.1 Å². The van der Waals surface area contributed by atoms with Crippen molar-refractivity contribution in [1.29, 1.82) is 0 Å².